The molecule has 0 unspecified atom stereocenters. The Hall–Kier alpha value is -0.580. The van der Waals surface area contributed by atoms with E-state index >= 15 is 0 Å². The van der Waals surface area contributed by atoms with Gasteiger partial charge in [0.2, 0.25) is 0 Å². The van der Waals surface area contributed by atoms with Crippen LogP contribution in [-0.4, -0.2) is 13.1 Å². The van der Waals surface area contributed by atoms with E-state index in [4.69, 9.17) is 11.8 Å². The van der Waals surface area contributed by atoms with E-state index in [0.29, 0.717) is 11.4 Å². The molecule has 0 amide bonds. The van der Waals surface area contributed by atoms with Crippen molar-refractivity contribution in [2.45, 2.75) is 6.54 Å². The number of halogens is 1. The first kappa shape index (κ1) is 9.51. The Morgan fingerprint density at radius 3 is 3.17 bits per heavy atom. The normalized spacial score (nSPS) is 9.83. The van der Waals surface area contributed by atoms with E-state index in [2.05, 4.69) is 9.57 Å². The fourth-order valence-electron chi connectivity index (χ4n) is 0.753. The molecule has 1 N–H and O–H groups in total. The fraction of sp³-hybridized carbons (Fsp3) is 0.286. The average Bonchev–Trinajstić information content (AvgIpc) is 2.52. The van der Waals surface area contributed by atoms with Gasteiger partial charge >= 0.3 is 5.97 Å². The van der Waals surface area contributed by atoms with Crippen LogP contribution in [0.1, 0.15) is 15.2 Å². The molecule has 1 aromatic rings. The molecule has 1 heterocycles. The van der Waals surface area contributed by atoms with Gasteiger partial charge in [-0.3, -0.25) is 0 Å². The molecule has 0 bridgehead atoms. The highest BCUT2D eigenvalue weighted by Gasteiger charge is 2.07. The summed E-state index contributed by atoms with van der Waals surface area (Å²) < 4.78 is 4.55. The Labute approximate surface area is 79.4 Å². The van der Waals surface area contributed by atoms with Crippen LogP contribution < -0.4 is 4.84 Å². The fourth-order valence-corrected chi connectivity index (χ4v) is 1.74. The van der Waals surface area contributed by atoms with Crippen LogP contribution in [-0.2, 0) is 11.3 Å². The minimum atomic E-state index is -0.305. The number of hydrogen-bond donors (Lipinski definition) is 1. The summed E-state index contributed by atoms with van der Waals surface area (Å²) in [5.41, 5.74) is 0.982. The molecule has 0 aromatic carbocycles. The Bertz CT molecular complexity index is 274. The molecule has 12 heavy (non-hydrogen) atoms. The van der Waals surface area contributed by atoms with Crippen LogP contribution in [0.5, 0.6) is 0 Å². The molecule has 1 rings (SSSR count). The molecule has 0 aliphatic carbocycles. The van der Waals surface area contributed by atoms with E-state index < -0.39 is 0 Å². The molecule has 0 saturated heterocycles. The van der Waals surface area contributed by atoms with E-state index in [1.54, 1.807) is 6.07 Å². The van der Waals surface area contributed by atoms with E-state index in [1.165, 1.54) is 18.4 Å². The Morgan fingerprint density at radius 2 is 2.58 bits per heavy atom. The van der Waals surface area contributed by atoms with Gasteiger partial charge in [-0.05, 0) is 28.8 Å². The number of nitrogens with one attached hydrogen (secondary N) is 1. The minimum absolute atomic E-state index is 0.305. The second-order valence-corrected chi connectivity index (χ2v) is 3.30. The summed E-state index contributed by atoms with van der Waals surface area (Å²) in [5, 5.41) is 1.86. The van der Waals surface area contributed by atoms with Crippen molar-refractivity contribution in [3.05, 3.63) is 21.9 Å². The van der Waals surface area contributed by atoms with E-state index in [0.717, 1.165) is 5.56 Å². The monoisotopic (exact) mass is 205 g/mol. The largest absolute Gasteiger partial charge is 0.465 e. The van der Waals surface area contributed by atoms with E-state index in [-0.39, 0.29) is 5.97 Å². The van der Waals surface area contributed by atoms with Crippen molar-refractivity contribution in [1.29, 1.82) is 0 Å². The van der Waals surface area contributed by atoms with Gasteiger partial charge in [0.15, 0.2) is 0 Å². The van der Waals surface area contributed by atoms with Crippen LogP contribution in [0.15, 0.2) is 11.4 Å². The van der Waals surface area contributed by atoms with Crippen LogP contribution >= 0.6 is 23.1 Å². The highest BCUT2D eigenvalue weighted by atomic mass is 35.5. The zero-order valence-corrected chi connectivity index (χ0v) is 8.04. The molecule has 0 fully saturated rings. The van der Waals surface area contributed by atoms with Crippen molar-refractivity contribution in [1.82, 2.24) is 4.84 Å². The van der Waals surface area contributed by atoms with Crippen LogP contribution in [0.25, 0.3) is 0 Å². The highest BCUT2D eigenvalue weighted by molar-refractivity contribution is 7.12. The predicted octanol–water partition coefficient (Wildman–Crippen LogP) is 1.78. The van der Waals surface area contributed by atoms with Gasteiger partial charge in [0.25, 0.3) is 0 Å². The van der Waals surface area contributed by atoms with Gasteiger partial charge in [-0.25, -0.2) is 9.63 Å². The van der Waals surface area contributed by atoms with Gasteiger partial charge in [-0.1, -0.05) is 0 Å². The first-order valence-electron chi connectivity index (χ1n) is 3.27. The molecular weight excluding hydrogens is 198 g/mol. The standard InChI is InChI=1S/C7H8ClNO2S/c1-11-7(10)6-2-5(3-9-8)4-12-6/h2,4,9H,3H2,1H3. The molecule has 66 valence electrons. The predicted molar refractivity (Wildman–Crippen MR) is 48.4 cm³/mol. The summed E-state index contributed by atoms with van der Waals surface area (Å²) in [7, 11) is 1.36. The maximum atomic E-state index is 11.0. The average molecular weight is 206 g/mol. The van der Waals surface area contributed by atoms with Gasteiger partial charge in [0.1, 0.15) is 4.88 Å². The zero-order valence-electron chi connectivity index (χ0n) is 6.46. The summed E-state index contributed by atoms with van der Waals surface area (Å²) in [5.74, 6) is -0.305. The third kappa shape index (κ3) is 2.20. The van der Waals surface area contributed by atoms with Crippen LogP contribution in [0.3, 0.4) is 0 Å². The molecule has 0 spiro atoms. The number of carbonyl (C=O) groups excluding carboxylic acids is 1. The first-order valence-corrected chi connectivity index (χ1v) is 4.53. The number of rotatable bonds is 3. The smallest absolute Gasteiger partial charge is 0.348 e. The maximum absolute atomic E-state index is 11.0. The summed E-state index contributed by atoms with van der Waals surface area (Å²) in [6.07, 6.45) is 0. The number of carbonyl (C=O) groups is 1. The summed E-state index contributed by atoms with van der Waals surface area (Å²) in [6.45, 7) is 0.551. The lowest BCUT2D eigenvalue weighted by molar-refractivity contribution is 0.0606. The molecule has 0 atom stereocenters. The summed E-state index contributed by atoms with van der Waals surface area (Å²) >= 11 is 6.65. The van der Waals surface area contributed by atoms with Crippen LogP contribution in [0.4, 0.5) is 0 Å². The number of ether oxygens (including phenoxy) is 1. The SMILES string of the molecule is COC(=O)c1cc(CNCl)cs1. The second-order valence-electron chi connectivity index (χ2n) is 2.12. The van der Waals surface area contributed by atoms with Crippen molar-refractivity contribution in [2.75, 3.05) is 7.11 Å². The second kappa shape index (κ2) is 4.45. The summed E-state index contributed by atoms with van der Waals surface area (Å²) in [6, 6.07) is 1.76. The Morgan fingerprint density at radius 1 is 1.83 bits per heavy atom. The topological polar surface area (TPSA) is 38.3 Å². The van der Waals surface area contributed by atoms with Crippen LogP contribution in [0, 0.1) is 0 Å². The molecule has 0 saturated carbocycles. The molecule has 5 heteroatoms. The van der Waals surface area contributed by atoms with Gasteiger partial charge in [-0.2, -0.15) is 0 Å². The third-order valence-corrected chi connectivity index (χ3v) is 2.40. The van der Waals surface area contributed by atoms with Crippen molar-refractivity contribution in [3.63, 3.8) is 0 Å². The lowest BCUT2D eigenvalue weighted by Crippen LogP contribution is -1.99. The lowest BCUT2D eigenvalue weighted by atomic mass is 10.3. The molecule has 0 radical (unpaired) electrons. The molecule has 0 aliphatic heterocycles. The van der Waals surface area contributed by atoms with E-state index in [9.17, 15) is 4.79 Å². The lowest BCUT2D eigenvalue weighted by Gasteiger charge is -1.92. The van der Waals surface area contributed by atoms with Crippen molar-refractivity contribution < 1.29 is 9.53 Å². The van der Waals surface area contributed by atoms with Gasteiger partial charge < -0.3 is 4.74 Å². The molecule has 3 nitrogen and oxygen atoms in total. The van der Waals surface area contributed by atoms with Crippen molar-refractivity contribution >= 4 is 29.1 Å². The number of methoxy groups -OCH3 is 1. The number of esters is 1. The molecule has 1 aromatic heterocycles. The Balaban J connectivity index is 2.70. The minimum Gasteiger partial charge on any atom is -0.465 e. The van der Waals surface area contributed by atoms with Crippen molar-refractivity contribution in [2.24, 2.45) is 0 Å². The zero-order chi connectivity index (χ0) is 8.97. The first-order chi connectivity index (χ1) is 5.77. The number of hydrogen-bond acceptors (Lipinski definition) is 4. The molecule has 0 aliphatic rings. The van der Waals surface area contributed by atoms with Crippen LogP contribution in [0.2, 0.25) is 0 Å². The van der Waals surface area contributed by atoms with Crippen molar-refractivity contribution in [3.8, 4) is 0 Å². The van der Waals surface area contributed by atoms with E-state index in [1.807, 2.05) is 5.38 Å². The quantitative estimate of drug-likeness (QED) is 0.604. The molecular formula is C7H8ClNO2S. The highest BCUT2D eigenvalue weighted by Crippen LogP contribution is 2.15. The van der Waals surface area contributed by atoms with Gasteiger partial charge in [0.05, 0.1) is 7.11 Å². The van der Waals surface area contributed by atoms with Gasteiger partial charge in [0, 0.05) is 6.54 Å². The maximum Gasteiger partial charge on any atom is 0.348 e. The number of thiophene rings is 1. The third-order valence-electron chi connectivity index (χ3n) is 1.31. The summed E-state index contributed by atoms with van der Waals surface area (Å²) in [4.78, 5) is 14.0. The van der Waals surface area contributed by atoms with Gasteiger partial charge in [-0.15, -0.1) is 11.3 Å². The Kier molecular flexibility index (Phi) is 3.52.